The minimum atomic E-state index is -0.00394. The maximum Gasteiger partial charge on any atom is 0.238 e. The second-order valence-corrected chi connectivity index (χ2v) is 5.81. The van der Waals surface area contributed by atoms with Crippen molar-refractivity contribution in [2.75, 3.05) is 44.4 Å². The second-order valence-electron chi connectivity index (χ2n) is 5.81. The van der Waals surface area contributed by atoms with Crippen LogP contribution >= 0.6 is 0 Å². The fourth-order valence-corrected chi connectivity index (χ4v) is 2.74. The topological polar surface area (TPSA) is 67.6 Å². The lowest BCUT2D eigenvalue weighted by Crippen LogP contribution is -2.40. The maximum absolute atomic E-state index is 12.1. The van der Waals surface area contributed by atoms with Crippen molar-refractivity contribution < 1.29 is 9.53 Å². The van der Waals surface area contributed by atoms with Gasteiger partial charge in [0.15, 0.2) is 0 Å². The normalized spacial score (nSPS) is 16.9. The molecule has 0 unspecified atom stereocenters. The SMILES string of the molecule is COCC1CCN(CC(=O)Nc2ccc(C)cc2N)CC1. The summed E-state index contributed by atoms with van der Waals surface area (Å²) in [5.74, 6) is 0.623. The van der Waals surface area contributed by atoms with E-state index >= 15 is 0 Å². The molecule has 1 fully saturated rings. The van der Waals surface area contributed by atoms with Crippen LogP contribution in [0.5, 0.6) is 0 Å². The molecule has 1 aliphatic heterocycles. The van der Waals surface area contributed by atoms with E-state index in [1.54, 1.807) is 7.11 Å². The monoisotopic (exact) mass is 291 g/mol. The molecule has 1 amide bonds. The van der Waals surface area contributed by atoms with Gasteiger partial charge in [0.25, 0.3) is 0 Å². The Labute approximate surface area is 126 Å². The Kier molecular flexibility index (Phi) is 5.59. The summed E-state index contributed by atoms with van der Waals surface area (Å²) in [4.78, 5) is 14.3. The average molecular weight is 291 g/mol. The Balaban J connectivity index is 1.80. The number of nitrogens with two attached hydrogens (primary N) is 1. The number of hydrogen-bond donors (Lipinski definition) is 2. The minimum Gasteiger partial charge on any atom is -0.397 e. The van der Waals surface area contributed by atoms with Crippen LogP contribution in [0, 0.1) is 12.8 Å². The Morgan fingerprint density at radius 2 is 2.14 bits per heavy atom. The second kappa shape index (κ2) is 7.43. The highest BCUT2D eigenvalue weighted by atomic mass is 16.5. The molecule has 0 aliphatic carbocycles. The fourth-order valence-electron chi connectivity index (χ4n) is 2.74. The zero-order chi connectivity index (χ0) is 15.2. The molecule has 0 aromatic heterocycles. The standard InChI is InChI=1S/C16H25N3O2/c1-12-3-4-15(14(17)9-12)18-16(20)10-19-7-5-13(6-8-19)11-21-2/h3-4,9,13H,5-8,10-11,17H2,1-2H3,(H,18,20). The number of rotatable bonds is 5. The number of carbonyl (C=O) groups excluding carboxylic acids is 1. The van der Waals surface area contributed by atoms with Crippen LogP contribution in [0.3, 0.4) is 0 Å². The minimum absolute atomic E-state index is 0.00394. The van der Waals surface area contributed by atoms with E-state index in [1.807, 2.05) is 25.1 Å². The number of anilines is 2. The predicted molar refractivity (Wildman–Crippen MR) is 85.3 cm³/mol. The van der Waals surface area contributed by atoms with Gasteiger partial charge in [0.2, 0.25) is 5.91 Å². The van der Waals surface area contributed by atoms with Crippen molar-refractivity contribution in [3.8, 4) is 0 Å². The molecule has 1 saturated heterocycles. The van der Waals surface area contributed by atoms with E-state index in [4.69, 9.17) is 10.5 Å². The zero-order valence-electron chi connectivity index (χ0n) is 12.9. The van der Waals surface area contributed by atoms with Crippen molar-refractivity contribution in [3.05, 3.63) is 23.8 Å². The van der Waals surface area contributed by atoms with E-state index in [9.17, 15) is 4.79 Å². The number of carbonyl (C=O) groups is 1. The number of methoxy groups -OCH3 is 1. The number of ether oxygens (including phenoxy) is 1. The van der Waals surface area contributed by atoms with Crippen molar-refractivity contribution in [1.82, 2.24) is 4.90 Å². The van der Waals surface area contributed by atoms with Crippen molar-refractivity contribution in [2.24, 2.45) is 5.92 Å². The van der Waals surface area contributed by atoms with Gasteiger partial charge < -0.3 is 15.8 Å². The number of nitrogens with one attached hydrogen (secondary N) is 1. The highest BCUT2D eigenvalue weighted by Gasteiger charge is 2.20. The molecule has 0 saturated carbocycles. The molecule has 5 nitrogen and oxygen atoms in total. The molecular formula is C16H25N3O2. The highest BCUT2D eigenvalue weighted by Crippen LogP contribution is 2.20. The fraction of sp³-hybridized carbons (Fsp3) is 0.562. The summed E-state index contributed by atoms with van der Waals surface area (Å²) in [5, 5.41) is 2.89. The lowest BCUT2D eigenvalue weighted by Gasteiger charge is -2.31. The van der Waals surface area contributed by atoms with Gasteiger partial charge in [0.1, 0.15) is 0 Å². The summed E-state index contributed by atoms with van der Waals surface area (Å²) >= 11 is 0. The third-order valence-electron chi connectivity index (χ3n) is 3.96. The molecule has 0 bridgehead atoms. The van der Waals surface area contributed by atoms with Crippen LogP contribution in [0.4, 0.5) is 11.4 Å². The summed E-state index contributed by atoms with van der Waals surface area (Å²) in [6, 6.07) is 5.67. The summed E-state index contributed by atoms with van der Waals surface area (Å²) in [6.45, 7) is 5.12. The molecular weight excluding hydrogens is 266 g/mol. The van der Waals surface area contributed by atoms with E-state index in [0.717, 1.165) is 38.1 Å². The lowest BCUT2D eigenvalue weighted by molar-refractivity contribution is -0.117. The smallest absolute Gasteiger partial charge is 0.238 e. The molecule has 5 heteroatoms. The molecule has 1 heterocycles. The largest absolute Gasteiger partial charge is 0.397 e. The first-order chi connectivity index (χ1) is 10.1. The number of nitrogen functional groups attached to an aromatic ring is 1. The molecule has 1 aliphatic rings. The molecule has 3 N–H and O–H groups in total. The number of nitrogens with zero attached hydrogens (tertiary/aromatic N) is 1. The first kappa shape index (κ1) is 15.8. The number of benzene rings is 1. The summed E-state index contributed by atoms with van der Waals surface area (Å²) in [5.41, 5.74) is 8.31. The number of likely N-dealkylation sites (tertiary alicyclic amines) is 1. The molecule has 0 radical (unpaired) electrons. The van der Waals surface area contributed by atoms with Gasteiger partial charge in [-0.25, -0.2) is 0 Å². The molecule has 1 aromatic carbocycles. The van der Waals surface area contributed by atoms with Gasteiger partial charge >= 0.3 is 0 Å². The predicted octanol–water partition coefficient (Wildman–Crippen LogP) is 1.87. The van der Waals surface area contributed by atoms with Crippen molar-refractivity contribution in [2.45, 2.75) is 19.8 Å². The quantitative estimate of drug-likeness (QED) is 0.813. The number of amides is 1. The van der Waals surface area contributed by atoms with Crippen LogP contribution < -0.4 is 11.1 Å². The number of piperidine rings is 1. The van der Waals surface area contributed by atoms with Crippen molar-refractivity contribution >= 4 is 17.3 Å². The number of hydrogen-bond acceptors (Lipinski definition) is 4. The van der Waals surface area contributed by atoms with Gasteiger partial charge in [-0.15, -0.1) is 0 Å². The highest BCUT2D eigenvalue weighted by molar-refractivity contribution is 5.95. The Morgan fingerprint density at radius 3 is 2.76 bits per heavy atom. The summed E-state index contributed by atoms with van der Waals surface area (Å²) in [7, 11) is 1.74. The van der Waals surface area contributed by atoms with Gasteiger partial charge in [-0.2, -0.15) is 0 Å². The summed E-state index contributed by atoms with van der Waals surface area (Å²) < 4.78 is 5.19. The van der Waals surface area contributed by atoms with Gasteiger partial charge in [-0.3, -0.25) is 9.69 Å². The molecule has 21 heavy (non-hydrogen) atoms. The molecule has 0 atom stereocenters. The molecule has 116 valence electrons. The molecule has 1 aromatic rings. The average Bonchev–Trinajstić information content (AvgIpc) is 2.44. The Morgan fingerprint density at radius 1 is 1.43 bits per heavy atom. The van der Waals surface area contributed by atoms with Gasteiger partial charge in [0, 0.05) is 13.7 Å². The van der Waals surface area contributed by atoms with Gasteiger partial charge in [0.05, 0.1) is 17.9 Å². The zero-order valence-corrected chi connectivity index (χ0v) is 12.9. The summed E-state index contributed by atoms with van der Waals surface area (Å²) in [6.07, 6.45) is 2.18. The first-order valence-corrected chi connectivity index (χ1v) is 7.45. The van der Waals surface area contributed by atoms with Crippen LogP contribution in [-0.4, -0.2) is 44.2 Å². The Bertz CT molecular complexity index is 482. The number of aryl methyl sites for hydroxylation is 1. The lowest BCUT2D eigenvalue weighted by atomic mass is 9.98. The Hall–Kier alpha value is -1.59. The van der Waals surface area contributed by atoms with Crippen LogP contribution in [0.1, 0.15) is 18.4 Å². The van der Waals surface area contributed by atoms with Crippen LogP contribution in [0.15, 0.2) is 18.2 Å². The van der Waals surface area contributed by atoms with E-state index < -0.39 is 0 Å². The molecule has 2 rings (SSSR count). The van der Waals surface area contributed by atoms with E-state index in [1.165, 1.54) is 0 Å². The van der Waals surface area contributed by atoms with Crippen LogP contribution in [0.25, 0.3) is 0 Å². The van der Waals surface area contributed by atoms with Crippen LogP contribution in [-0.2, 0) is 9.53 Å². The third-order valence-corrected chi connectivity index (χ3v) is 3.96. The maximum atomic E-state index is 12.1. The van der Waals surface area contributed by atoms with E-state index in [0.29, 0.717) is 23.8 Å². The van der Waals surface area contributed by atoms with Crippen molar-refractivity contribution in [1.29, 1.82) is 0 Å². The third kappa shape index (κ3) is 4.72. The van der Waals surface area contributed by atoms with E-state index in [2.05, 4.69) is 10.2 Å². The van der Waals surface area contributed by atoms with Gasteiger partial charge in [-0.1, -0.05) is 6.07 Å². The van der Waals surface area contributed by atoms with Crippen molar-refractivity contribution in [3.63, 3.8) is 0 Å². The van der Waals surface area contributed by atoms with E-state index in [-0.39, 0.29) is 5.91 Å². The molecule has 0 spiro atoms. The van der Waals surface area contributed by atoms with Crippen LogP contribution in [0.2, 0.25) is 0 Å². The first-order valence-electron chi connectivity index (χ1n) is 7.45. The van der Waals surface area contributed by atoms with Gasteiger partial charge in [-0.05, 0) is 56.5 Å².